The molecule has 0 aromatic heterocycles. The van der Waals surface area contributed by atoms with Crippen LogP contribution in [0.25, 0.3) is 0 Å². The Balaban J connectivity index is 2.52. The molecule has 1 fully saturated rings. The minimum Gasteiger partial charge on any atom is -0.324 e. The fourth-order valence-electron chi connectivity index (χ4n) is 1.58. The predicted octanol–water partition coefficient (Wildman–Crippen LogP) is 2.65. The highest BCUT2D eigenvalue weighted by atomic mass is 19.2. The van der Waals surface area contributed by atoms with Crippen molar-refractivity contribution in [2.75, 3.05) is 0 Å². The maximum absolute atomic E-state index is 13.2. The standard InChI is InChI=1S/C10H9F4N/c11-5-3-6(12)9(14)7(8(5)13)10(15)4-1-2-4/h3-4,10H,1-2,15H2. The first-order valence-corrected chi connectivity index (χ1v) is 4.61. The van der Waals surface area contributed by atoms with Gasteiger partial charge in [0.1, 0.15) is 0 Å². The molecule has 0 amide bonds. The molecule has 82 valence electrons. The van der Waals surface area contributed by atoms with Crippen LogP contribution in [0.15, 0.2) is 6.07 Å². The Morgan fingerprint density at radius 1 is 1.07 bits per heavy atom. The van der Waals surface area contributed by atoms with Crippen LogP contribution in [0.1, 0.15) is 24.4 Å². The lowest BCUT2D eigenvalue weighted by molar-refractivity contribution is 0.419. The van der Waals surface area contributed by atoms with Crippen molar-refractivity contribution < 1.29 is 17.6 Å². The van der Waals surface area contributed by atoms with Crippen molar-refractivity contribution >= 4 is 0 Å². The molecule has 1 aliphatic rings. The van der Waals surface area contributed by atoms with Crippen molar-refractivity contribution in [3.63, 3.8) is 0 Å². The van der Waals surface area contributed by atoms with Gasteiger partial charge in [-0.1, -0.05) is 0 Å². The van der Waals surface area contributed by atoms with Crippen LogP contribution in [0.5, 0.6) is 0 Å². The summed E-state index contributed by atoms with van der Waals surface area (Å²) in [6.07, 6.45) is 1.47. The van der Waals surface area contributed by atoms with Crippen LogP contribution in [0.4, 0.5) is 17.6 Å². The van der Waals surface area contributed by atoms with Crippen molar-refractivity contribution in [3.05, 3.63) is 34.9 Å². The maximum Gasteiger partial charge on any atom is 0.166 e. The second-order valence-corrected chi connectivity index (χ2v) is 3.75. The summed E-state index contributed by atoms with van der Waals surface area (Å²) in [5, 5.41) is 0. The molecule has 1 aromatic rings. The zero-order chi connectivity index (χ0) is 11.2. The molecule has 1 aliphatic carbocycles. The van der Waals surface area contributed by atoms with E-state index in [0.717, 1.165) is 12.8 Å². The van der Waals surface area contributed by atoms with Crippen molar-refractivity contribution in [1.29, 1.82) is 0 Å². The van der Waals surface area contributed by atoms with Crippen LogP contribution in [0.3, 0.4) is 0 Å². The number of benzene rings is 1. The molecular formula is C10H9F4N. The summed E-state index contributed by atoms with van der Waals surface area (Å²) in [5.41, 5.74) is 4.86. The summed E-state index contributed by atoms with van der Waals surface area (Å²) in [6.45, 7) is 0. The SMILES string of the molecule is NC(c1c(F)c(F)cc(F)c1F)C1CC1. The third-order valence-electron chi connectivity index (χ3n) is 2.61. The molecule has 0 spiro atoms. The number of hydrogen-bond acceptors (Lipinski definition) is 1. The summed E-state index contributed by atoms with van der Waals surface area (Å²) >= 11 is 0. The molecule has 5 heteroatoms. The summed E-state index contributed by atoms with van der Waals surface area (Å²) in [6, 6.07) is -0.774. The Hall–Kier alpha value is -1.10. The molecule has 1 atom stereocenters. The second-order valence-electron chi connectivity index (χ2n) is 3.75. The molecule has 2 rings (SSSR count). The van der Waals surface area contributed by atoms with Gasteiger partial charge in [-0.3, -0.25) is 0 Å². The molecule has 0 radical (unpaired) electrons. The van der Waals surface area contributed by atoms with Gasteiger partial charge in [0.25, 0.3) is 0 Å². The van der Waals surface area contributed by atoms with Crippen molar-refractivity contribution in [2.24, 2.45) is 11.7 Å². The molecule has 1 nitrogen and oxygen atoms in total. The zero-order valence-electron chi connectivity index (χ0n) is 7.74. The summed E-state index contributed by atoms with van der Waals surface area (Å²) in [5.74, 6) is -5.64. The third-order valence-corrected chi connectivity index (χ3v) is 2.61. The van der Waals surface area contributed by atoms with Crippen LogP contribution < -0.4 is 5.73 Å². The predicted molar refractivity (Wildman–Crippen MR) is 45.9 cm³/mol. The van der Waals surface area contributed by atoms with Gasteiger partial charge in [-0.15, -0.1) is 0 Å². The van der Waals surface area contributed by atoms with E-state index in [1.807, 2.05) is 0 Å². The Bertz CT molecular complexity index is 375. The number of nitrogens with two attached hydrogens (primary N) is 1. The average Bonchev–Trinajstić information content (AvgIpc) is 2.98. The van der Waals surface area contributed by atoms with Crippen molar-refractivity contribution in [3.8, 4) is 0 Å². The van der Waals surface area contributed by atoms with E-state index in [1.165, 1.54) is 0 Å². The maximum atomic E-state index is 13.2. The third kappa shape index (κ3) is 1.71. The lowest BCUT2D eigenvalue weighted by atomic mass is 10.0. The average molecular weight is 219 g/mol. The van der Waals surface area contributed by atoms with Crippen molar-refractivity contribution in [2.45, 2.75) is 18.9 Å². The van der Waals surface area contributed by atoms with E-state index < -0.39 is 34.9 Å². The van der Waals surface area contributed by atoms with Gasteiger partial charge in [-0.05, 0) is 18.8 Å². The largest absolute Gasteiger partial charge is 0.324 e. The van der Waals surface area contributed by atoms with Gasteiger partial charge in [0, 0.05) is 17.7 Å². The Morgan fingerprint density at radius 3 is 1.93 bits per heavy atom. The van der Waals surface area contributed by atoms with E-state index >= 15 is 0 Å². The van der Waals surface area contributed by atoms with Crippen molar-refractivity contribution in [1.82, 2.24) is 0 Å². The molecule has 0 heterocycles. The normalized spacial score (nSPS) is 17.9. The monoisotopic (exact) mass is 219 g/mol. The Kier molecular flexibility index (Phi) is 2.42. The number of halogens is 4. The smallest absolute Gasteiger partial charge is 0.166 e. The Morgan fingerprint density at radius 2 is 1.53 bits per heavy atom. The van der Waals surface area contributed by atoms with E-state index in [4.69, 9.17) is 5.73 Å². The van der Waals surface area contributed by atoms with Crippen LogP contribution >= 0.6 is 0 Å². The van der Waals surface area contributed by atoms with Gasteiger partial charge in [0.2, 0.25) is 0 Å². The first-order valence-electron chi connectivity index (χ1n) is 4.61. The molecular weight excluding hydrogens is 210 g/mol. The van der Waals surface area contributed by atoms with Gasteiger partial charge in [0.05, 0.1) is 0 Å². The first kappa shape index (κ1) is 10.4. The molecule has 0 saturated heterocycles. The topological polar surface area (TPSA) is 26.0 Å². The lowest BCUT2D eigenvalue weighted by Gasteiger charge is -2.13. The minimum atomic E-state index is -1.40. The molecule has 0 bridgehead atoms. The van der Waals surface area contributed by atoms with E-state index in [1.54, 1.807) is 0 Å². The highest BCUT2D eigenvalue weighted by Gasteiger charge is 2.35. The summed E-state index contributed by atoms with van der Waals surface area (Å²) in [7, 11) is 0. The first-order chi connectivity index (χ1) is 7.02. The molecule has 15 heavy (non-hydrogen) atoms. The summed E-state index contributed by atoms with van der Waals surface area (Å²) in [4.78, 5) is 0. The van der Waals surface area contributed by atoms with Gasteiger partial charge in [-0.25, -0.2) is 17.6 Å². The fraction of sp³-hybridized carbons (Fsp3) is 0.400. The quantitative estimate of drug-likeness (QED) is 0.600. The van der Waals surface area contributed by atoms with Crippen LogP contribution in [0.2, 0.25) is 0 Å². The van der Waals surface area contributed by atoms with Crippen LogP contribution in [0, 0.1) is 29.2 Å². The molecule has 1 unspecified atom stereocenters. The van der Waals surface area contributed by atoms with Gasteiger partial charge in [-0.2, -0.15) is 0 Å². The van der Waals surface area contributed by atoms with E-state index in [9.17, 15) is 17.6 Å². The number of rotatable bonds is 2. The Labute approximate surface area is 83.9 Å². The highest BCUT2D eigenvalue weighted by molar-refractivity contribution is 5.27. The second kappa shape index (κ2) is 3.48. The summed E-state index contributed by atoms with van der Waals surface area (Å²) < 4.78 is 52.1. The van der Waals surface area contributed by atoms with Gasteiger partial charge >= 0.3 is 0 Å². The van der Waals surface area contributed by atoms with Gasteiger partial charge in [0.15, 0.2) is 23.3 Å². The molecule has 2 N–H and O–H groups in total. The zero-order valence-corrected chi connectivity index (χ0v) is 7.74. The minimum absolute atomic E-state index is 0.0739. The fourth-order valence-corrected chi connectivity index (χ4v) is 1.58. The number of hydrogen-bond donors (Lipinski definition) is 1. The van der Waals surface area contributed by atoms with E-state index in [2.05, 4.69) is 0 Å². The molecule has 1 aromatic carbocycles. The molecule has 0 aliphatic heterocycles. The van der Waals surface area contributed by atoms with E-state index in [0.29, 0.717) is 0 Å². The highest BCUT2D eigenvalue weighted by Crippen LogP contribution is 2.41. The van der Waals surface area contributed by atoms with E-state index in [-0.39, 0.29) is 12.0 Å². The lowest BCUT2D eigenvalue weighted by Crippen LogP contribution is -2.18. The van der Waals surface area contributed by atoms with Gasteiger partial charge < -0.3 is 5.73 Å². The van der Waals surface area contributed by atoms with Crippen LogP contribution in [-0.2, 0) is 0 Å². The van der Waals surface area contributed by atoms with Crippen LogP contribution in [-0.4, -0.2) is 0 Å². The molecule has 1 saturated carbocycles.